The second kappa shape index (κ2) is 6.20. The molecule has 98 valence electrons. The Kier molecular flexibility index (Phi) is 4.61. The van der Waals surface area contributed by atoms with Crippen LogP contribution in [0.25, 0.3) is 0 Å². The monoisotopic (exact) mass is 252 g/mol. The summed E-state index contributed by atoms with van der Waals surface area (Å²) >= 11 is 0. The standard InChI is InChI=1S/C13H18BFO3/c15-13-7-6-11(8-12(13)14(16)17)18-9-10-4-2-1-3-5-10/h6-8,10,16-17H,1-5,9H2. The topological polar surface area (TPSA) is 49.7 Å². The van der Waals surface area contributed by atoms with Gasteiger partial charge in [0.2, 0.25) is 0 Å². The van der Waals surface area contributed by atoms with Crippen molar-refractivity contribution in [2.75, 3.05) is 6.61 Å². The summed E-state index contributed by atoms with van der Waals surface area (Å²) in [5, 5.41) is 18.0. The molecule has 0 bridgehead atoms. The van der Waals surface area contributed by atoms with E-state index in [0.717, 1.165) is 0 Å². The second-order valence-corrected chi connectivity index (χ2v) is 4.87. The normalized spacial score (nSPS) is 16.6. The molecule has 0 aromatic heterocycles. The second-order valence-electron chi connectivity index (χ2n) is 4.87. The fourth-order valence-corrected chi connectivity index (χ4v) is 2.38. The maximum Gasteiger partial charge on any atom is 0.491 e. The van der Waals surface area contributed by atoms with Crippen molar-refractivity contribution in [3.05, 3.63) is 24.0 Å². The van der Waals surface area contributed by atoms with Gasteiger partial charge in [0.05, 0.1) is 6.61 Å². The van der Waals surface area contributed by atoms with Gasteiger partial charge in [0, 0.05) is 5.46 Å². The van der Waals surface area contributed by atoms with Crippen LogP contribution in [0.15, 0.2) is 18.2 Å². The summed E-state index contributed by atoms with van der Waals surface area (Å²) in [6.07, 6.45) is 6.15. The Balaban J connectivity index is 1.94. The molecule has 1 fully saturated rings. The molecular weight excluding hydrogens is 234 g/mol. The lowest BCUT2D eigenvalue weighted by Gasteiger charge is -2.21. The highest BCUT2D eigenvalue weighted by Crippen LogP contribution is 2.24. The Morgan fingerprint density at radius 1 is 1.22 bits per heavy atom. The molecule has 0 saturated heterocycles. The molecule has 2 rings (SSSR count). The summed E-state index contributed by atoms with van der Waals surface area (Å²) in [6, 6.07) is 4.07. The van der Waals surface area contributed by atoms with Crippen LogP contribution in [-0.4, -0.2) is 23.8 Å². The van der Waals surface area contributed by atoms with Crippen molar-refractivity contribution in [3.8, 4) is 5.75 Å². The lowest BCUT2D eigenvalue weighted by molar-refractivity contribution is 0.209. The van der Waals surface area contributed by atoms with Crippen LogP contribution in [0.3, 0.4) is 0 Å². The molecule has 1 aromatic rings. The molecule has 1 saturated carbocycles. The highest BCUT2D eigenvalue weighted by molar-refractivity contribution is 6.58. The van der Waals surface area contributed by atoms with Gasteiger partial charge in [0.1, 0.15) is 11.6 Å². The van der Waals surface area contributed by atoms with E-state index in [1.165, 1.54) is 50.3 Å². The van der Waals surface area contributed by atoms with Crippen LogP contribution >= 0.6 is 0 Å². The fourth-order valence-electron chi connectivity index (χ4n) is 2.38. The van der Waals surface area contributed by atoms with Gasteiger partial charge in [-0.1, -0.05) is 19.3 Å². The number of halogens is 1. The SMILES string of the molecule is OB(O)c1cc(OCC2CCCCC2)ccc1F. The fraction of sp³-hybridized carbons (Fsp3) is 0.538. The van der Waals surface area contributed by atoms with E-state index in [4.69, 9.17) is 14.8 Å². The van der Waals surface area contributed by atoms with E-state index in [0.29, 0.717) is 18.3 Å². The Morgan fingerprint density at radius 2 is 1.94 bits per heavy atom. The summed E-state index contributed by atoms with van der Waals surface area (Å²) in [6.45, 7) is 0.618. The Hall–Kier alpha value is -1.07. The van der Waals surface area contributed by atoms with Gasteiger partial charge < -0.3 is 14.8 Å². The first-order chi connectivity index (χ1) is 8.66. The van der Waals surface area contributed by atoms with E-state index in [-0.39, 0.29) is 5.46 Å². The summed E-state index contributed by atoms with van der Waals surface area (Å²) < 4.78 is 18.8. The molecule has 18 heavy (non-hydrogen) atoms. The molecule has 5 heteroatoms. The van der Waals surface area contributed by atoms with Crippen molar-refractivity contribution in [1.82, 2.24) is 0 Å². The van der Waals surface area contributed by atoms with Crippen LogP contribution in [0.5, 0.6) is 5.75 Å². The predicted octanol–water partition coefficient (Wildman–Crippen LogP) is 1.46. The van der Waals surface area contributed by atoms with Gasteiger partial charge in [-0.05, 0) is 37.0 Å². The van der Waals surface area contributed by atoms with Crippen molar-refractivity contribution in [2.45, 2.75) is 32.1 Å². The lowest BCUT2D eigenvalue weighted by atomic mass is 9.80. The summed E-state index contributed by atoms with van der Waals surface area (Å²) in [7, 11) is -1.80. The minimum atomic E-state index is -1.80. The van der Waals surface area contributed by atoms with E-state index in [2.05, 4.69) is 0 Å². The molecule has 1 aromatic carbocycles. The number of benzene rings is 1. The predicted molar refractivity (Wildman–Crippen MR) is 68.3 cm³/mol. The van der Waals surface area contributed by atoms with E-state index in [9.17, 15) is 4.39 Å². The van der Waals surface area contributed by atoms with E-state index in [1.54, 1.807) is 0 Å². The van der Waals surface area contributed by atoms with Gasteiger partial charge in [-0.25, -0.2) is 4.39 Å². The maximum atomic E-state index is 13.2. The van der Waals surface area contributed by atoms with Crippen molar-refractivity contribution >= 4 is 12.6 Å². The van der Waals surface area contributed by atoms with Gasteiger partial charge in [0.15, 0.2) is 0 Å². The third kappa shape index (κ3) is 3.46. The number of hydrogen-bond acceptors (Lipinski definition) is 3. The van der Waals surface area contributed by atoms with Crippen LogP contribution in [0.2, 0.25) is 0 Å². The molecule has 0 amide bonds. The molecule has 0 spiro atoms. The summed E-state index contributed by atoms with van der Waals surface area (Å²) in [4.78, 5) is 0. The van der Waals surface area contributed by atoms with Gasteiger partial charge in [0.25, 0.3) is 0 Å². The third-order valence-corrected chi connectivity index (χ3v) is 3.46. The average molecular weight is 252 g/mol. The Morgan fingerprint density at radius 3 is 2.61 bits per heavy atom. The molecular formula is C13H18BFO3. The van der Waals surface area contributed by atoms with Gasteiger partial charge >= 0.3 is 7.12 Å². The minimum absolute atomic E-state index is 0.142. The highest BCUT2D eigenvalue weighted by Gasteiger charge is 2.18. The maximum absolute atomic E-state index is 13.2. The average Bonchev–Trinajstić information content (AvgIpc) is 2.38. The van der Waals surface area contributed by atoms with Crippen molar-refractivity contribution in [3.63, 3.8) is 0 Å². The van der Waals surface area contributed by atoms with Crippen LogP contribution in [0.4, 0.5) is 4.39 Å². The molecule has 0 unspecified atom stereocenters. The van der Waals surface area contributed by atoms with E-state index in [1.807, 2.05) is 0 Å². The zero-order valence-electron chi connectivity index (χ0n) is 10.3. The minimum Gasteiger partial charge on any atom is -0.493 e. The highest BCUT2D eigenvalue weighted by atomic mass is 19.1. The van der Waals surface area contributed by atoms with Crippen LogP contribution in [0, 0.1) is 11.7 Å². The van der Waals surface area contributed by atoms with Crippen LogP contribution in [0.1, 0.15) is 32.1 Å². The van der Waals surface area contributed by atoms with Crippen LogP contribution in [-0.2, 0) is 0 Å². The van der Waals surface area contributed by atoms with E-state index < -0.39 is 12.9 Å². The quantitative estimate of drug-likeness (QED) is 0.797. The molecule has 0 heterocycles. The lowest BCUT2D eigenvalue weighted by Crippen LogP contribution is -2.32. The Labute approximate surface area is 107 Å². The Bertz CT molecular complexity index is 392. The van der Waals surface area contributed by atoms with Crippen molar-refractivity contribution < 1.29 is 19.2 Å². The largest absolute Gasteiger partial charge is 0.493 e. The van der Waals surface area contributed by atoms with Crippen molar-refractivity contribution in [1.29, 1.82) is 0 Å². The number of hydrogen-bond donors (Lipinski definition) is 2. The zero-order chi connectivity index (χ0) is 13.0. The summed E-state index contributed by atoms with van der Waals surface area (Å²) in [5.41, 5.74) is -0.142. The zero-order valence-corrected chi connectivity index (χ0v) is 10.3. The first kappa shape index (κ1) is 13.4. The van der Waals surface area contributed by atoms with Gasteiger partial charge in [-0.2, -0.15) is 0 Å². The number of rotatable bonds is 4. The molecule has 2 N–H and O–H groups in total. The van der Waals surface area contributed by atoms with Crippen molar-refractivity contribution in [2.24, 2.45) is 5.92 Å². The molecule has 1 aliphatic rings. The number of ether oxygens (including phenoxy) is 1. The van der Waals surface area contributed by atoms with E-state index >= 15 is 0 Å². The smallest absolute Gasteiger partial charge is 0.491 e. The molecule has 0 radical (unpaired) electrons. The summed E-state index contributed by atoms with van der Waals surface area (Å²) in [5.74, 6) is 0.423. The first-order valence-corrected chi connectivity index (χ1v) is 6.45. The first-order valence-electron chi connectivity index (χ1n) is 6.45. The molecule has 0 aliphatic heterocycles. The molecule has 1 aliphatic carbocycles. The van der Waals surface area contributed by atoms with Crippen LogP contribution < -0.4 is 10.2 Å². The third-order valence-electron chi connectivity index (χ3n) is 3.46. The van der Waals surface area contributed by atoms with Gasteiger partial charge in [-0.3, -0.25) is 0 Å². The molecule has 0 atom stereocenters. The van der Waals surface area contributed by atoms with Gasteiger partial charge in [-0.15, -0.1) is 0 Å². The molecule has 3 nitrogen and oxygen atoms in total.